The lowest BCUT2D eigenvalue weighted by atomic mass is 10.2. The molecule has 0 saturated heterocycles. The number of anilines is 1. The van der Waals surface area contributed by atoms with E-state index in [1.165, 1.54) is 11.1 Å². The maximum Gasteiger partial charge on any atom is 0.128 e. The lowest BCUT2D eigenvalue weighted by Crippen LogP contribution is -2.18. The summed E-state index contributed by atoms with van der Waals surface area (Å²) in [4.78, 5) is 6.56. The van der Waals surface area contributed by atoms with Gasteiger partial charge in [0, 0.05) is 31.9 Å². The Labute approximate surface area is 114 Å². The van der Waals surface area contributed by atoms with Gasteiger partial charge in [-0.15, -0.1) is 0 Å². The molecule has 4 nitrogen and oxygen atoms in total. The Hall–Kier alpha value is -1.81. The third-order valence-corrected chi connectivity index (χ3v) is 3.15. The van der Waals surface area contributed by atoms with E-state index in [9.17, 15) is 0 Å². The fraction of sp³-hybridized carbons (Fsp3) is 0.400. The van der Waals surface area contributed by atoms with Gasteiger partial charge in [0.2, 0.25) is 0 Å². The molecule has 0 bridgehead atoms. The van der Waals surface area contributed by atoms with Gasteiger partial charge in [0.15, 0.2) is 0 Å². The molecule has 0 radical (unpaired) electrons. The first-order valence-corrected chi connectivity index (χ1v) is 6.60. The molecule has 0 atom stereocenters. The van der Waals surface area contributed by atoms with Crippen LogP contribution >= 0.6 is 0 Å². The molecule has 2 aromatic rings. The summed E-state index contributed by atoms with van der Waals surface area (Å²) in [6.45, 7) is 6.75. The van der Waals surface area contributed by atoms with Crippen molar-refractivity contribution in [2.45, 2.75) is 26.9 Å². The molecule has 2 heterocycles. The Morgan fingerprint density at radius 2 is 2.21 bits per heavy atom. The van der Waals surface area contributed by atoms with E-state index in [4.69, 9.17) is 4.42 Å². The van der Waals surface area contributed by atoms with Crippen LogP contribution < -0.4 is 10.2 Å². The summed E-state index contributed by atoms with van der Waals surface area (Å²) < 4.78 is 5.32. The minimum absolute atomic E-state index is 0.806. The van der Waals surface area contributed by atoms with Gasteiger partial charge in [-0.2, -0.15) is 0 Å². The molecule has 102 valence electrons. The predicted molar refractivity (Wildman–Crippen MR) is 77.2 cm³/mol. The zero-order valence-electron chi connectivity index (χ0n) is 11.8. The van der Waals surface area contributed by atoms with E-state index in [2.05, 4.69) is 28.2 Å². The summed E-state index contributed by atoms with van der Waals surface area (Å²) >= 11 is 0. The number of nitrogens with zero attached hydrogens (tertiary/aromatic N) is 2. The summed E-state index contributed by atoms with van der Waals surface area (Å²) in [5.74, 6) is 1.95. The molecular weight excluding hydrogens is 238 g/mol. The molecule has 0 aliphatic carbocycles. The average Bonchev–Trinajstić information content (AvgIpc) is 2.82. The van der Waals surface area contributed by atoms with Crippen molar-refractivity contribution in [2.75, 3.05) is 18.5 Å². The third kappa shape index (κ3) is 3.58. The molecule has 0 aliphatic heterocycles. The molecule has 0 spiro atoms. The van der Waals surface area contributed by atoms with Crippen LogP contribution in [0.15, 0.2) is 35.1 Å². The highest BCUT2D eigenvalue weighted by molar-refractivity contribution is 5.41. The molecule has 0 aliphatic rings. The summed E-state index contributed by atoms with van der Waals surface area (Å²) in [6.07, 6.45) is 3.59. The monoisotopic (exact) mass is 259 g/mol. The standard InChI is InChI=1S/C15H21N3O/c1-4-16-10-13-5-7-17-15(9-13)18(3)11-14-6-8-19-12(14)2/h5-9,16H,4,10-11H2,1-3H3. The van der Waals surface area contributed by atoms with Crippen LogP contribution in [0.5, 0.6) is 0 Å². The highest BCUT2D eigenvalue weighted by atomic mass is 16.3. The fourth-order valence-corrected chi connectivity index (χ4v) is 1.96. The van der Waals surface area contributed by atoms with Gasteiger partial charge in [-0.05, 0) is 37.2 Å². The number of rotatable bonds is 6. The van der Waals surface area contributed by atoms with Gasteiger partial charge >= 0.3 is 0 Å². The molecule has 0 saturated carbocycles. The van der Waals surface area contributed by atoms with Crippen LogP contribution in [0.2, 0.25) is 0 Å². The van der Waals surface area contributed by atoms with E-state index in [1.807, 2.05) is 32.3 Å². The van der Waals surface area contributed by atoms with Crippen molar-refractivity contribution < 1.29 is 4.42 Å². The molecule has 0 unspecified atom stereocenters. The Balaban J connectivity index is 2.06. The van der Waals surface area contributed by atoms with Crippen LogP contribution in [0, 0.1) is 6.92 Å². The summed E-state index contributed by atoms with van der Waals surface area (Å²) in [7, 11) is 2.05. The van der Waals surface area contributed by atoms with Crippen LogP contribution in [0.1, 0.15) is 23.8 Å². The quantitative estimate of drug-likeness (QED) is 0.866. The third-order valence-electron chi connectivity index (χ3n) is 3.15. The first-order valence-electron chi connectivity index (χ1n) is 6.60. The average molecular weight is 259 g/mol. The lowest BCUT2D eigenvalue weighted by molar-refractivity contribution is 0.529. The molecule has 4 heteroatoms. The molecule has 2 aromatic heterocycles. The zero-order chi connectivity index (χ0) is 13.7. The van der Waals surface area contributed by atoms with Gasteiger partial charge in [0.05, 0.1) is 6.26 Å². The zero-order valence-corrected chi connectivity index (χ0v) is 11.8. The fourth-order valence-electron chi connectivity index (χ4n) is 1.96. The summed E-state index contributed by atoms with van der Waals surface area (Å²) in [5.41, 5.74) is 2.45. The van der Waals surface area contributed by atoms with Gasteiger partial charge in [-0.25, -0.2) is 4.98 Å². The topological polar surface area (TPSA) is 41.3 Å². The van der Waals surface area contributed by atoms with Gasteiger partial charge < -0.3 is 14.6 Å². The molecular formula is C15H21N3O. The first-order chi connectivity index (χ1) is 9.20. The van der Waals surface area contributed by atoms with E-state index in [1.54, 1.807) is 6.26 Å². The summed E-state index contributed by atoms with van der Waals surface area (Å²) in [6, 6.07) is 6.18. The molecule has 0 fully saturated rings. The molecule has 0 aromatic carbocycles. The number of hydrogen-bond acceptors (Lipinski definition) is 4. The maximum atomic E-state index is 5.32. The van der Waals surface area contributed by atoms with Crippen LogP contribution in [-0.4, -0.2) is 18.6 Å². The number of aromatic nitrogens is 1. The van der Waals surface area contributed by atoms with Gasteiger partial charge in [-0.1, -0.05) is 6.92 Å². The van der Waals surface area contributed by atoms with Crippen molar-refractivity contribution in [1.29, 1.82) is 0 Å². The van der Waals surface area contributed by atoms with E-state index < -0.39 is 0 Å². The second-order valence-electron chi connectivity index (χ2n) is 4.66. The number of hydrogen-bond donors (Lipinski definition) is 1. The predicted octanol–water partition coefficient (Wildman–Crippen LogP) is 2.73. The van der Waals surface area contributed by atoms with Crippen molar-refractivity contribution >= 4 is 5.82 Å². The first kappa shape index (κ1) is 13.6. The van der Waals surface area contributed by atoms with Gasteiger partial charge in [0.25, 0.3) is 0 Å². The summed E-state index contributed by atoms with van der Waals surface area (Å²) in [5, 5.41) is 3.32. The van der Waals surface area contributed by atoms with Gasteiger partial charge in [-0.3, -0.25) is 0 Å². The lowest BCUT2D eigenvalue weighted by Gasteiger charge is -2.18. The Morgan fingerprint density at radius 3 is 2.89 bits per heavy atom. The Morgan fingerprint density at radius 1 is 1.37 bits per heavy atom. The van der Waals surface area contributed by atoms with E-state index in [0.717, 1.165) is 31.2 Å². The smallest absolute Gasteiger partial charge is 0.128 e. The molecule has 2 rings (SSSR count). The van der Waals surface area contributed by atoms with Crippen LogP contribution in [0.3, 0.4) is 0 Å². The maximum absolute atomic E-state index is 5.32. The molecule has 0 amide bonds. The van der Waals surface area contributed by atoms with Crippen molar-refractivity contribution in [3.8, 4) is 0 Å². The van der Waals surface area contributed by atoms with Crippen LogP contribution in [-0.2, 0) is 13.1 Å². The largest absolute Gasteiger partial charge is 0.469 e. The van der Waals surface area contributed by atoms with Crippen LogP contribution in [0.25, 0.3) is 0 Å². The number of furan rings is 1. The Bertz CT molecular complexity index is 522. The van der Waals surface area contributed by atoms with Crippen molar-refractivity contribution in [2.24, 2.45) is 0 Å². The minimum Gasteiger partial charge on any atom is -0.469 e. The second kappa shape index (κ2) is 6.38. The highest BCUT2D eigenvalue weighted by Crippen LogP contribution is 2.17. The Kier molecular flexibility index (Phi) is 4.58. The highest BCUT2D eigenvalue weighted by Gasteiger charge is 2.08. The van der Waals surface area contributed by atoms with E-state index in [-0.39, 0.29) is 0 Å². The van der Waals surface area contributed by atoms with Gasteiger partial charge in [0.1, 0.15) is 11.6 Å². The number of nitrogens with one attached hydrogen (secondary N) is 1. The van der Waals surface area contributed by atoms with E-state index in [0.29, 0.717) is 0 Å². The SMILES string of the molecule is CCNCc1ccnc(N(C)Cc2ccoc2C)c1. The van der Waals surface area contributed by atoms with Crippen molar-refractivity contribution in [3.63, 3.8) is 0 Å². The minimum atomic E-state index is 0.806. The second-order valence-corrected chi connectivity index (χ2v) is 4.66. The number of pyridine rings is 1. The van der Waals surface area contributed by atoms with Crippen LogP contribution in [0.4, 0.5) is 5.82 Å². The van der Waals surface area contributed by atoms with Crippen molar-refractivity contribution in [1.82, 2.24) is 10.3 Å². The molecule has 19 heavy (non-hydrogen) atoms. The van der Waals surface area contributed by atoms with E-state index >= 15 is 0 Å². The number of aryl methyl sites for hydroxylation is 1. The molecule has 1 N–H and O–H groups in total. The van der Waals surface area contributed by atoms with Crippen molar-refractivity contribution in [3.05, 3.63) is 47.5 Å². The normalized spacial score (nSPS) is 10.7.